The highest BCUT2D eigenvalue weighted by Crippen LogP contribution is 2.45. The van der Waals surface area contributed by atoms with E-state index >= 15 is 0 Å². The van der Waals surface area contributed by atoms with Gasteiger partial charge in [0.2, 0.25) is 0 Å². The van der Waals surface area contributed by atoms with Crippen molar-refractivity contribution < 1.29 is 19.7 Å². The fraction of sp³-hybridized carbons (Fsp3) is 0.111. The third kappa shape index (κ3) is 6.11. The van der Waals surface area contributed by atoms with Gasteiger partial charge in [0.15, 0.2) is 0 Å². The Morgan fingerprint density at radius 2 is 0.683 bits per heavy atom. The normalized spacial score (nSPS) is 12.7. The Morgan fingerprint density at radius 3 is 1.03 bits per heavy atom. The molecule has 0 radical (unpaired) electrons. The molecular formula is C54H44N2O4. The summed E-state index contributed by atoms with van der Waals surface area (Å²) in [7, 11) is 0. The van der Waals surface area contributed by atoms with Crippen LogP contribution in [0, 0.1) is 13.8 Å². The summed E-state index contributed by atoms with van der Waals surface area (Å²) < 4.78 is 17.8. The Labute approximate surface area is 348 Å². The van der Waals surface area contributed by atoms with Gasteiger partial charge in [0.25, 0.3) is 0 Å². The first-order valence-electron chi connectivity index (χ1n) is 20.4. The van der Waals surface area contributed by atoms with E-state index < -0.39 is 12.2 Å². The fourth-order valence-electron chi connectivity index (χ4n) is 8.81. The van der Waals surface area contributed by atoms with E-state index in [9.17, 15) is 10.2 Å². The van der Waals surface area contributed by atoms with Crippen LogP contribution in [0.3, 0.4) is 0 Å². The van der Waals surface area contributed by atoms with E-state index in [-0.39, 0.29) is 11.5 Å². The molecule has 0 saturated heterocycles. The van der Waals surface area contributed by atoms with Gasteiger partial charge in [-0.3, -0.25) is 0 Å². The third-order valence-electron chi connectivity index (χ3n) is 11.8. The van der Waals surface area contributed by atoms with Crippen molar-refractivity contribution in [2.45, 2.75) is 39.9 Å². The number of phenolic OH excluding ortho intramolecular Hbond substituents is 2. The molecule has 6 heteroatoms. The largest absolute Gasteiger partial charge is 0.505 e. The number of para-hydroxylation sites is 6. The second kappa shape index (κ2) is 14.7. The summed E-state index contributed by atoms with van der Waals surface area (Å²) in [6.45, 7) is 8.10. The van der Waals surface area contributed by atoms with E-state index in [0.717, 1.165) is 65.9 Å². The molecule has 2 atom stereocenters. The maximum absolute atomic E-state index is 12.2. The van der Waals surface area contributed by atoms with E-state index in [4.69, 9.17) is 9.47 Å². The first kappa shape index (κ1) is 36.9. The number of ether oxygens (including phenoxy) is 2. The molecule has 6 nitrogen and oxygen atoms in total. The van der Waals surface area contributed by atoms with Crippen LogP contribution in [0.5, 0.6) is 23.0 Å². The van der Waals surface area contributed by atoms with Gasteiger partial charge >= 0.3 is 0 Å². The zero-order valence-corrected chi connectivity index (χ0v) is 33.9. The molecule has 0 spiro atoms. The molecule has 60 heavy (non-hydrogen) atoms. The van der Waals surface area contributed by atoms with Gasteiger partial charge < -0.3 is 28.8 Å². The topological polar surface area (TPSA) is 68.8 Å². The summed E-state index contributed by atoms with van der Waals surface area (Å²) in [6.07, 6.45) is -0.801. The number of hydrogen-bond acceptors (Lipinski definition) is 4. The predicted molar refractivity (Wildman–Crippen MR) is 245 cm³/mol. The van der Waals surface area contributed by atoms with Gasteiger partial charge in [0.1, 0.15) is 35.2 Å². The van der Waals surface area contributed by atoms with Crippen molar-refractivity contribution in [3.05, 3.63) is 181 Å². The number of aryl methyl sites for hydroxylation is 2. The summed E-state index contributed by atoms with van der Waals surface area (Å²) in [5.74, 6) is 1.62. The van der Waals surface area contributed by atoms with Crippen LogP contribution in [0.1, 0.15) is 25.0 Å². The highest BCUT2D eigenvalue weighted by molar-refractivity contribution is 6.10. The molecule has 0 aliphatic heterocycles. The molecule has 0 amide bonds. The summed E-state index contributed by atoms with van der Waals surface area (Å²) in [4.78, 5) is 0. The Hall–Kier alpha value is -7.44. The van der Waals surface area contributed by atoms with E-state index in [1.54, 1.807) is 0 Å². The Kier molecular flexibility index (Phi) is 9.06. The number of aromatic hydroxyl groups is 2. The zero-order chi connectivity index (χ0) is 41.1. The van der Waals surface area contributed by atoms with Crippen LogP contribution in [-0.4, -0.2) is 31.6 Å². The second-order valence-corrected chi connectivity index (χ2v) is 15.7. The standard InChI is InChI=1S/C54H44N2O4/c1-33-29-43(53(57)49(31-33)55-45-23-11-5-17-37(45)38-18-6-12-24-46(38)55)41-21-9-15-27-51(41)59-35(3)36(4)60-52-28-16-10-22-42(52)44-30-34(2)32-50(54(44)58)56-47-25-13-7-19-39(47)40-20-8-14-26-48(40)56/h5-32,35-36,57-58H,1-4H3/t35-,36?/m0/s1. The minimum absolute atomic E-state index is 0.173. The average Bonchev–Trinajstić information content (AvgIpc) is 3.78. The monoisotopic (exact) mass is 784 g/mol. The number of nitrogens with zero attached hydrogens (tertiary/aromatic N) is 2. The quantitative estimate of drug-likeness (QED) is 0.153. The zero-order valence-electron chi connectivity index (χ0n) is 33.9. The highest BCUT2D eigenvalue weighted by atomic mass is 16.5. The SMILES string of the molecule is Cc1cc(-c2ccccc2OC(C)[C@H](C)Oc2ccccc2-c2cc(C)cc(-n3c4ccccc4c4ccccc43)c2O)c(O)c(-n2c3ccccc3c3ccccc32)c1. The smallest absolute Gasteiger partial charge is 0.147 e. The van der Waals surface area contributed by atoms with Crippen LogP contribution in [0.15, 0.2) is 170 Å². The van der Waals surface area contributed by atoms with Gasteiger partial charge in [0.05, 0.1) is 33.4 Å². The number of rotatable bonds is 9. The summed E-state index contributed by atoms with van der Waals surface area (Å²) in [5.41, 5.74) is 10.5. The lowest BCUT2D eigenvalue weighted by molar-refractivity contribution is 0.0787. The molecule has 0 aliphatic rings. The van der Waals surface area contributed by atoms with Crippen LogP contribution >= 0.6 is 0 Å². The molecule has 0 aliphatic carbocycles. The minimum Gasteiger partial charge on any atom is -0.505 e. The van der Waals surface area contributed by atoms with Crippen LogP contribution in [0.25, 0.3) is 77.2 Å². The first-order valence-corrected chi connectivity index (χ1v) is 20.4. The number of hydrogen-bond donors (Lipinski definition) is 2. The van der Waals surface area contributed by atoms with Crippen LogP contribution in [0.4, 0.5) is 0 Å². The van der Waals surface area contributed by atoms with Crippen molar-refractivity contribution >= 4 is 43.6 Å². The van der Waals surface area contributed by atoms with Crippen molar-refractivity contribution in [2.75, 3.05) is 0 Å². The second-order valence-electron chi connectivity index (χ2n) is 15.7. The molecule has 0 bridgehead atoms. The van der Waals surface area contributed by atoms with Gasteiger partial charge in [0, 0.05) is 43.8 Å². The van der Waals surface area contributed by atoms with Crippen molar-refractivity contribution in [1.82, 2.24) is 9.13 Å². The summed E-state index contributed by atoms with van der Waals surface area (Å²) >= 11 is 0. The van der Waals surface area contributed by atoms with Gasteiger partial charge in [-0.25, -0.2) is 0 Å². The lowest BCUT2D eigenvalue weighted by Gasteiger charge is -2.26. The molecule has 8 aromatic carbocycles. The van der Waals surface area contributed by atoms with E-state index in [1.165, 1.54) is 0 Å². The molecular weight excluding hydrogens is 741 g/mol. The van der Waals surface area contributed by atoms with E-state index in [0.29, 0.717) is 34.0 Å². The molecule has 0 fully saturated rings. The predicted octanol–water partition coefficient (Wildman–Crippen LogP) is 13.5. The van der Waals surface area contributed by atoms with Crippen LogP contribution in [0.2, 0.25) is 0 Å². The first-order chi connectivity index (χ1) is 29.3. The van der Waals surface area contributed by atoms with Gasteiger partial charge in [-0.15, -0.1) is 0 Å². The molecule has 2 N–H and O–H groups in total. The third-order valence-corrected chi connectivity index (χ3v) is 11.8. The number of phenols is 2. The maximum Gasteiger partial charge on any atom is 0.147 e. The fourth-order valence-corrected chi connectivity index (χ4v) is 8.81. The van der Waals surface area contributed by atoms with Gasteiger partial charge in [-0.1, -0.05) is 109 Å². The van der Waals surface area contributed by atoms with Crippen molar-refractivity contribution in [1.29, 1.82) is 0 Å². The van der Waals surface area contributed by atoms with Gasteiger partial charge in [-0.05, 0) is 99.5 Å². The van der Waals surface area contributed by atoms with Crippen molar-refractivity contribution in [3.8, 4) is 56.6 Å². The molecule has 10 rings (SSSR count). The molecule has 2 heterocycles. The van der Waals surface area contributed by atoms with E-state index in [1.807, 2.05) is 111 Å². The Balaban J connectivity index is 0.980. The van der Waals surface area contributed by atoms with Crippen molar-refractivity contribution in [2.24, 2.45) is 0 Å². The maximum atomic E-state index is 12.2. The Bertz CT molecular complexity index is 2940. The Morgan fingerprint density at radius 1 is 0.383 bits per heavy atom. The number of fused-ring (bicyclic) bond motifs is 6. The molecule has 1 unspecified atom stereocenters. The highest BCUT2D eigenvalue weighted by Gasteiger charge is 2.24. The van der Waals surface area contributed by atoms with Crippen LogP contribution < -0.4 is 9.47 Å². The molecule has 0 saturated carbocycles. The lowest BCUT2D eigenvalue weighted by atomic mass is 9.99. The molecule has 294 valence electrons. The number of aromatic nitrogens is 2. The van der Waals surface area contributed by atoms with E-state index in [2.05, 4.69) is 95.8 Å². The molecule has 10 aromatic rings. The minimum atomic E-state index is -0.401. The molecule has 2 aromatic heterocycles. The van der Waals surface area contributed by atoms with Crippen molar-refractivity contribution in [3.63, 3.8) is 0 Å². The van der Waals surface area contributed by atoms with Gasteiger partial charge in [-0.2, -0.15) is 0 Å². The van der Waals surface area contributed by atoms with Crippen LogP contribution in [-0.2, 0) is 0 Å². The number of benzene rings is 8. The lowest BCUT2D eigenvalue weighted by Crippen LogP contribution is -2.31. The summed E-state index contributed by atoms with van der Waals surface area (Å²) in [6, 6.07) is 57.0. The summed E-state index contributed by atoms with van der Waals surface area (Å²) in [5, 5.41) is 28.8. The average molecular weight is 785 g/mol.